The molecule has 0 radical (unpaired) electrons. The second-order valence-corrected chi connectivity index (χ2v) is 8.51. The van der Waals surface area contributed by atoms with Gasteiger partial charge in [-0.1, -0.05) is 68.1 Å². The molecule has 0 unspecified atom stereocenters. The first kappa shape index (κ1) is 19.5. The Morgan fingerprint density at radius 1 is 1.17 bits per heavy atom. The molecule has 5 nitrogen and oxygen atoms in total. The monoisotopic (exact) mass is 405 g/mol. The molecule has 2 aromatic carbocycles. The molecule has 0 saturated heterocycles. The fourth-order valence-electron chi connectivity index (χ4n) is 3.84. The molecule has 1 aromatic heterocycles. The molecule has 29 heavy (non-hydrogen) atoms. The summed E-state index contributed by atoms with van der Waals surface area (Å²) in [5.41, 5.74) is 4.09. The summed E-state index contributed by atoms with van der Waals surface area (Å²) < 4.78 is 0. The Balaban J connectivity index is 1.62. The summed E-state index contributed by atoms with van der Waals surface area (Å²) in [4.78, 5) is 32.9. The minimum atomic E-state index is -0.252. The van der Waals surface area contributed by atoms with E-state index in [1.807, 2.05) is 48.5 Å². The van der Waals surface area contributed by atoms with Crippen molar-refractivity contribution in [1.82, 2.24) is 9.97 Å². The molecular formula is C23H23N3O2S. The van der Waals surface area contributed by atoms with Crippen LogP contribution in [0.15, 0.2) is 64.5 Å². The van der Waals surface area contributed by atoms with E-state index in [0.717, 1.165) is 35.3 Å². The number of amides is 1. The van der Waals surface area contributed by atoms with Crippen LogP contribution in [0.3, 0.4) is 0 Å². The maximum absolute atomic E-state index is 13.0. The fraction of sp³-hybridized carbons (Fsp3) is 0.261. The predicted molar refractivity (Wildman–Crippen MR) is 117 cm³/mol. The Bertz CT molecular complexity index is 1110. The summed E-state index contributed by atoms with van der Waals surface area (Å²) in [6.45, 7) is 4.23. The first-order valence-electron chi connectivity index (χ1n) is 9.71. The number of nitrogens with zero attached hydrogens (tertiary/aromatic N) is 1. The van der Waals surface area contributed by atoms with Crippen LogP contribution in [0.1, 0.15) is 31.4 Å². The SMILES string of the molecule is CC[C@]1(C)Cc2ccccc2-c2nc(SCC(=O)Nc3ccccc3)[nH]c(=O)c21. The van der Waals surface area contributed by atoms with Gasteiger partial charge in [0.2, 0.25) is 5.91 Å². The Kier molecular flexibility index (Phi) is 5.28. The number of carbonyl (C=O) groups excluding carboxylic acids is 1. The number of aromatic nitrogens is 2. The summed E-state index contributed by atoms with van der Waals surface area (Å²) in [5.74, 6) is 0.0314. The van der Waals surface area contributed by atoms with Crippen LogP contribution in [0.2, 0.25) is 0 Å². The number of para-hydroxylation sites is 1. The average molecular weight is 406 g/mol. The van der Waals surface area contributed by atoms with Gasteiger partial charge in [0.25, 0.3) is 5.56 Å². The number of H-pyrrole nitrogens is 1. The van der Waals surface area contributed by atoms with Crippen LogP contribution in [-0.2, 0) is 16.6 Å². The number of fused-ring (bicyclic) bond motifs is 3. The summed E-state index contributed by atoms with van der Waals surface area (Å²) in [5, 5.41) is 3.31. The largest absolute Gasteiger partial charge is 0.325 e. The number of hydrogen-bond donors (Lipinski definition) is 2. The number of rotatable bonds is 5. The fourth-order valence-corrected chi connectivity index (χ4v) is 4.50. The molecule has 0 spiro atoms. The van der Waals surface area contributed by atoms with Gasteiger partial charge in [-0.2, -0.15) is 0 Å². The minimum absolute atomic E-state index is 0.111. The highest BCUT2D eigenvalue weighted by Crippen LogP contribution is 2.42. The van der Waals surface area contributed by atoms with E-state index in [0.29, 0.717) is 5.16 Å². The lowest BCUT2D eigenvalue weighted by molar-refractivity contribution is -0.113. The summed E-state index contributed by atoms with van der Waals surface area (Å²) in [6, 6.07) is 17.4. The number of aromatic amines is 1. The van der Waals surface area contributed by atoms with Gasteiger partial charge in [-0.3, -0.25) is 9.59 Å². The number of carbonyl (C=O) groups is 1. The highest BCUT2D eigenvalue weighted by molar-refractivity contribution is 7.99. The molecule has 0 aliphatic heterocycles. The zero-order chi connectivity index (χ0) is 20.4. The van der Waals surface area contributed by atoms with Crippen molar-refractivity contribution in [2.45, 2.75) is 37.3 Å². The third kappa shape index (κ3) is 3.85. The van der Waals surface area contributed by atoms with Crippen molar-refractivity contribution >= 4 is 23.4 Å². The van der Waals surface area contributed by atoms with Gasteiger partial charge in [-0.05, 0) is 30.5 Å². The first-order valence-corrected chi connectivity index (χ1v) is 10.7. The van der Waals surface area contributed by atoms with Gasteiger partial charge in [0.15, 0.2) is 5.16 Å². The minimum Gasteiger partial charge on any atom is -0.325 e. The number of hydrogen-bond acceptors (Lipinski definition) is 4. The van der Waals surface area contributed by atoms with Gasteiger partial charge < -0.3 is 10.3 Å². The van der Waals surface area contributed by atoms with E-state index in [1.54, 1.807) is 0 Å². The number of benzene rings is 2. The van der Waals surface area contributed by atoms with Crippen molar-refractivity contribution in [3.63, 3.8) is 0 Å². The Morgan fingerprint density at radius 3 is 2.66 bits per heavy atom. The predicted octanol–water partition coefficient (Wildman–Crippen LogP) is 4.39. The van der Waals surface area contributed by atoms with Gasteiger partial charge in [-0.25, -0.2) is 4.98 Å². The van der Waals surface area contributed by atoms with Crippen molar-refractivity contribution in [2.24, 2.45) is 0 Å². The maximum Gasteiger partial charge on any atom is 0.255 e. The maximum atomic E-state index is 13.0. The van der Waals surface area contributed by atoms with Gasteiger partial charge in [-0.15, -0.1) is 0 Å². The van der Waals surface area contributed by atoms with Crippen LogP contribution < -0.4 is 10.9 Å². The number of nitrogens with one attached hydrogen (secondary N) is 2. The molecule has 4 rings (SSSR count). The van der Waals surface area contributed by atoms with Crippen LogP contribution in [0.25, 0.3) is 11.3 Å². The normalized spacial score (nSPS) is 17.3. The number of thioether (sulfide) groups is 1. The lowest BCUT2D eigenvalue weighted by Gasteiger charge is -2.34. The second-order valence-electron chi connectivity index (χ2n) is 7.55. The number of anilines is 1. The summed E-state index contributed by atoms with van der Waals surface area (Å²) in [7, 11) is 0. The van der Waals surface area contributed by atoms with Gasteiger partial charge >= 0.3 is 0 Å². The van der Waals surface area contributed by atoms with Crippen molar-refractivity contribution in [2.75, 3.05) is 11.1 Å². The molecular weight excluding hydrogens is 382 g/mol. The molecule has 0 saturated carbocycles. The second kappa shape index (κ2) is 7.87. The Morgan fingerprint density at radius 2 is 1.90 bits per heavy atom. The third-order valence-electron chi connectivity index (χ3n) is 5.53. The van der Waals surface area contributed by atoms with Gasteiger partial charge in [0.05, 0.1) is 11.4 Å². The van der Waals surface area contributed by atoms with Crippen LogP contribution in [0, 0.1) is 0 Å². The van der Waals surface area contributed by atoms with Gasteiger partial charge in [0, 0.05) is 22.2 Å². The molecule has 3 aromatic rings. The molecule has 0 bridgehead atoms. The van der Waals surface area contributed by atoms with Crippen LogP contribution in [0.4, 0.5) is 5.69 Å². The molecule has 2 N–H and O–H groups in total. The highest BCUT2D eigenvalue weighted by atomic mass is 32.2. The quantitative estimate of drug-likeness (QED) is 0.488. The molecule has 1 aliphatic rings. The Hall–Kier alpha value is -2.86. The van der Waals surface area contributed by atoms with E-state index in [-0.39, 0.29) is 22.6 Å². The molecule has 0 fully saturated rings. The zero-order valence-corrected chi connectivity index (χ0v) is 17.3. The third-order valence-corrected chi connectivity index (χ3v) is 6.41. The lowest BCUT2D eigenvalue weighted by atomic mass is 9.69. The topological polar surface area (TPSA) is 74.8 Å². The first-order chi connectivity index (χ1) is 14.0. The molecule has 1 atom stereocenters. The molecule has 1 aliphatic carbocycles. The Labute approximate surface area is 174 Å². The van der Waals surface area contributed by atoms with Crippen LogP contribution in [-0.4, -0.2) is 21.6 Å². The van der Waals surface area contributed by atoms with Crippen molar-refractivity contribution in [3.05, 3.63) is 76.1 Å². The molecule has 6 heteroatoms. The highest BCUT2D eigenvalue weighted by Gasteiger charge is 2.37. The van der Waals surface area contributed by atoms with Crippen molar-refractivity contribution in [1.29, 1.82) is 0 Å². The van der Waals surface area contributed by atoms with E-state index < -0.39 is 0 Å². The van der Waals surface area contributed by atoms with E-state index in [2.05, 4.69) is 30.2 Å². The standard InChI is InChI=1S/C23H23N3O2S/c1-3-23(2)13-15-9-7-8-12-17(15)20-19(23)21(28)26-22(25-20)29-14-18(27)24-16-10-5-4-6-11-16/h4-12H,3,13-14H2,1-2H3,(H,24,27)(H,25,26,28)/t23-/m1/s1. The van der Waals surface area contributed by atoms with E-state index in [1.165, 1.54) is 17.3 Å². The van der Waals surface area contributed by atoms with Crippen LogP contribution >= 0.6 is 11.8 Å². The van der Waals surface area contributed by atoms with Crippen molar-refractivity contribution in [3.8, 4) is 11.3 Å². The zero-order valence-electron chi connectivity index (χ0n) is 16.5. The molecule has 1 heterocycles. The van der Waals surface area contributed by atoms with E-state index in [4.69, 9.17) is 4.98 Å². The van der Waals surface area contributed by atoms with E-state index >= 15 is 0 Å². The lowest BCUT2D eigenvalue weighted by Crippen LogP contribution is -2.36. The molecule has 1 amide bonds. The molecule has 148 valence electrons. The summed E-state index contributed by atoms with van der Waals surface area (Å²) in [6.07, 6.45) is 1.68. The van der Waals surface area contributed by atoms with E-state index in [9.17, 15) is 9.59 Å². The van der Waals surface area contributed by atoms with Gasteiger partial charge in [0.1, 0.15) is 0 Å². The van der Waals surface area contributed by atoms with Crippen LogP contribution in [0.5, 0.6) is 0 Å². The summed E-state index contributed by atoms with van der Waals surface area (Å²) >= 11 is 1.24. The smallest absolute Gasteiger partial charge is 0.255 e. The van der Waals surface area contributed by atoms with Crippen molar-refractivity contribution < 1.29 is 4.79 Å². The average Bonchev–Trinajstić information content (AvgIpc) is 2.73.